The molecule has 0 radical (unpaired) electrons. The summed E-state index contributed by atoms with van der Waals surface area (Å²) in [5.74, 6) is -0.393. The molecule has 1 heterocycles. The van der Waals surface area contributed by atoms with Gasteiger partial charge in [0.1, 0.15) is 0 Å². The summed E-state index contributed by atoms with van der Waals surface area (Å²) in [6, 6.07) is 3.43. The first-order valence-electron chi connectivity index (χ1n) is 9.17. The van der Waals surface area contributed by atoms with Crippen molar-refractivity contribution in [2.24, 2.45) is 0 Å². The highest BCUT2D eigenvalue weighted by Gasteiger charge is 2.41. The highest BCUT2D eigenvalue weighted by atomic mass is 32.2. The number of hydrogen-bond acceptors (Lipinski definition) is 6. The van der Waals surface area contributed by atoms with E-state index in [4.69, 9.17) is 14.2 Å². The predicted octanol–water partition coefficient (Wildman–Crippen LogP) is 5.99. The second kappa shape index (κ2) is 9.12. The summed E-state index contributed by atoms with van der Waals surface area (Å²) in [6.45, 7) is 0. The third-order valence-corrected chi connectivity index (χ3v) is 5.48. The van der Waals surface area contributed by atoms with Gasteiger partial charge in [0.05, 0.1) is 43.0 Å². The van der Waals surface area contributed by atoms with E-state index in [1.54, 1.807) is 0 Å². The summed E-state index contributed by atoms with van der Waals surface area (Å²) in [7, 11) is 4.07. The van der Waals surface area contributed by atoms with Gasteiger partial charge in [-0.15, -0.1) is 0 Å². The van der Waals surface area contributed by atoms with Crippen LogP contribution in [0, 0.1) is 0 Å². The van der Waals surface area contributed by atoms with Crippen LogP contribution in [0.1, 0.15) is 16.7 Å². The van der Waals surface area contributed by atoms with Crippen LogP contribution in [-0.2, 0) is 17.1 Å². The molecule has 0 aliphatic carbocycles. The second-order valence-corrected chi connectivity index (χ2v) is 7.73. The van der Waals surface area contributed by atoms with Gasteiger partial charge in [-0.05, 0) is 53.7 Å². The molecule has 2 aromatic rings. The minimum absolute atomic E-state index is 0.0890. The van der Waals surface area contributed by atoms with Crippen molar-refractivity contribution in [3.05, 3.63) is 51.9 Å². The first kappa shape index (κ1) is 25.3. The Kier molecular flexibility index (Phi) is 6.78. The lowest BCUT2D eigenvalue weighted by atomic mass is 10.1. The molecule has 0 bridgehead atoms. The first-order chi connectivity index (χ1) is 15.8. The van der Waals surface area contributed by atoms with Gasteiger partial charge in [0.2, 0.25) is 5.75 Å². The molecule has 3 rings (SSSR count). The Balaban J connectivity index is 2.07. The van der Waals surface area contributed by atoms with Gasteiger partial charge >= 0.3 is 12.4 Å². The van der Waals surface area contributed by atoms with E-state index >= 15 is 0 Å². The summed E-state index contributed by atoms with van der Waals surface area (Å²) in [6.07, 6.45) is -9.04. The maximum absolute atomic E-state index is 13.2. The molecule has 1 aliphatic rings. The molecule has 1 aliphatic heterocycles. The van der Waals surface area contributed by atoms with Crippen LogP contribution in [0.25, 0.3) is 6.08 Å². The fourth-order valence-corrected chi connectivity index (χ4v) is 3.94. The molecule has 0 unspecified atom stereocenters. The fraction of sp³-hybridized carbons (Fsp3) is 0.238. The number of hydrogen-bond donors (Lipinski definition) is 0. The number of anilines is 1. The number of rotatable bonds is 5. The van der Waals surface area contributed by atoms with Gasteiger partial charge in [-0.1, -0.05) is 0 Å². The SMILES string of the molecule is COc1cc(C=C2SC(=O)N(c3cc(C(F)(F)F)cc(C(F)(F)F)c3)C2=O)cc(OC)c1OC. The molecule has 0 spiro atoms. The largest absolute Gasteiger partial charge is 0.493 e. The predicted molar refractivity (Wildman–Crippen MR) is 111 cm³/mol. The van der Waals surface area contributed by atoms with Gasteiger partial charge < -0.3 is 14.2 Å². The monoisotopic (exact) mass is 507 g/mol. The number of halogens is 6. The molecule has 1 fully saturated rings. The first-order valence-corrected chi connectivity index (χ1v) is 9.99. The zero-order chi connectivity index (χ0) is 25.4. The minimum Gasteiger partial charge on any atom is -0.493 e. The Morgan fingerprint density at radius 1 is 0.794 bits per heavy atom. The Hall–Kier alpha value is -3.35. The summed E-state index contributed by atoms with van der Waals surface area (Å²) >= 11 is 0.358. The molecule has 0 atom stereocenters. The van der Waals surface area contributed by atoms with E-state index in [2.05, 4.69) is 0 Å². The number of imide groups is 1. The Morgan fingerprint density at radius 2 is 1.29 bits per heavy atom. The summed E-state index contributed by atoms with van der Waals surface area (Å²) in [4.78, 5) is 25.3. The van der Waals surface area contributed by atoms with Gasteiger partial charge in [0.15, 0.2) is 11.5 Å². The summed E-state index contributed by atoms with van der Waals surface area (Å²) < 4.78 is 94.7. The maximum Gasteiger partial charge on any atom is 0.416 e. The van der Waals surface area contributed by atoms with Crippen LogP contribution in [-0.4, -0.2) is 32.5 Å². The maximum atomic E-state index is 13.2. The van der Waals surface area contributed by atoms with E-state index in [1.165, 1.54) is 39.5 Å². The Bertz CT molecular complexity index is 1120. The van der Waals surface area contributed by atoms with E-state index in [0.717, 1.165) is 0 Å². The van der Waals surface area contributed by atoms with Gasteiger partial charge in [-0.2, -0.15) is 26.3 Å². The lowest BCUT2D eigenvalue weighted by Gasteiger charge is -2.18. The van der Waals surface area contributed by atoms with Crippen LogP contribution >= 0.6 is 11.8 Å². The second-order valence-electron chi connectivity index (χ2n) is 6.74. The molecule has 2 aromatic carbocycles. The molecule has 0 N–H and O–H groups in total. The number of ether oxygens (including phenoxy) is 3. The number of alkyl halides is 6. The van der Waals surface area contributed by atoms with Gasteiger partial charge in [-0.3, -0.25) is 9.59 Å². The molecule has 2 amide bonds. The zero-order valence-electron chi connectivity index (χ0n) is 17.6. The fourth-order valence-electron chi connectivity index (χ4n) is 3.09. The summed E-state index contributed by atoms with van der Waals surface area (Å²) in [5.41, 5.74) is -3.84. The number of carbonyl (C=O) groups is 2. The molecule has 182 valence electrons. The molecule has 6 nitrogen and oxygen atoms in total. The number of benzene rings is 2. The molecule has 34 heavy (non-hydrogen) atoms. The number of carbonyl (C=O) groups excluding carboxylic acids is 2. The number of amides is 2. The van der Waals surface area contributed by atoms with Crippen molar-refractivity contribution in [3.8, 4) is 17.2 Å². The van der Waals surface area contributed by atoms with E-state index in [-0.39, 0.29) is 33.1 Å². The molecular formula is C21H15F6NO5S. The molecule has 13 heteroatoms. The van der Waals surface area contributed by atoms with Gasteiger partial charge in [0, 0.05) is 0 Å². The van der Waals surface area contributed by atoms with Crippen molar-refractivity contribution < 1.29 is 50.1 Å². The van der Waals surface area contributed by atoms with Crippen molar-refractivity contribution >= 4 is 34.7 Å². The van der Waals surface area contributed by atoms with Crippen LogP contribution < -0.4 is 19.1 Å². The molecular weight excluding hydrogens is 492 g/mol. The van der Waals surface area contributed by atoms with E-state index < -0.39 is 40.3 Å². The Morgan fingerprint density at radius 3 is 1.71 bits per heavy atom. The van der Waals surface area contributed by atoms with Crippen LogP contribution in [0.2, 0.25) is 0 Å². The third-order valence-electron chi connectivity index (χ3n) is 4.61. The van der Waals surface area contributed by atoms with Crippen molar-refractivity contribution in [2.45, 2.75) is 12.4 Å². The average molecular weight is 507 g/mol. The lowest BCUT2D eigenvalue weighted by molar-refractivity contribution is -0.143. The van der Waals surface area contributed by atoms with Crippen LogP contribution in [0.5, 0.6) is 17.2 Å². The number of nitrogens with zero attached hydrogens (tertiary/aromatic N) is 1. The quantitative estimate of drug-likeness (QED) is 0.366. The van der Waals surface area contributed by atoms with Gasteiger partial charge in [0.25, 0.3) is 11.1 Å². The third kappa shape index (κ3) is 4.93. The molecule has 1 saturated heterocycles. The van der Waals surface area contributed by atoms with Crippen molar-refractivity contribution in [1.29, 1.82) is 0 Å². The smallest absolute Gasteiger partial charge is 0.416 e. The topological polar surface area (TPSA) is 65.1 Å². The van der Waals surface area contributed by atoms with Crippen molar-refractivity contribution in [2.75, 3.05) is 26.2 Å². The van der Waals surface area contributed by atoms with Crippen molar-refractivity contribution in [1.82, 2.24) is 0 Å². The lowest BCUT2D eigenvalue weighted by Crippen LogP contribution is -2.28. The molecule has 0 saturated carbocycles. The normalized spacial score (nSPS) is 15.8. The van der Waals surface area contributed by atoms with Crippen LogP contribution in [0.15, 0.2) is 35.2 Å². The molecule has 0 aromatic heterocycles. The Labute approximate surface area is 193 Å². The van der Waals surface area contributed by atoms with E-state index in [1.807, 2.05) is 0 Å². The van der Waals surface area contributed by atoms with E-state index in [0.29, 0.717) is 29.5 Å². The zero-order valence-corrected chi connectivity index (χ0v) is 18.4. The minimum atomic E-state index is -5.14. The van der Waals surface area contributed by atoms with Gasteiger partial charge in [-0.25, -0.2) is 4.90 Å². The standard InChI is InChI=1S/C21H15F6NO5S/c1-31-14-4-10(5-15(32-2)17(14)33-3)6-16-18(29)28(19(30)34-16)13-8-11(20(22,23)24)7-12(9-13)21(25,26)27/h4-9H,1-3H3. The average Bonchev–Trinajstić information content (AvgIpc) is 3.04. The number of methoxy groups -OCH3 is 3. The van der Waals surface area contributed by atoms with Crippen LogP contribution in [0.4, 0.5) is 36.8 Å². The van der Waals surface area contributed by atoms with Crippen LogP contribution in [0.3, 0.4) is 0 Å². The highest BCUT2D eigenvalue weighted by molar-refractivity contribution is 8.19. The van der Waals surface area contributed by atoms with E-state index in [9.17, 15) is 35.9 Å². The van der Waals surface area contributed by atoms with Crippen molar-refractivity contribution in [3.63, 3.8) is 0 Å². The summed E-state index contributed by atoms with van der Waals surface area (Å²) in [5, 5.41) is -1.06. The highest BCUT2D eigenvalue weighted by Crippen LogP contribution is 2.43. The number of thioether (sulfide) groups is 1.